The molecule has 222 valence electrons. The topological polar surface area (TPSA) is 83.9 Å². The number of aliphatic hydroxyl groups is 1. The number of hydrogen-bond acceptors (Lipinski definition) is 6. The van der Waals surface area contributed by atoms with Crippen molar-refractivity contribution in [1.82, 2.24) is 15.2 Å². The van der Waals surface area contributed by atoms with Gasteiger partial charge in [-0.1, -0.05) is 73.2 Å². The van der Waals surface area contributed by atoms with Crippen molar-refractivity contribution >= 4 is 5.91 Å². The van der Waals surface area contributed by atoms with Crippen molar-refractivity contribution in [3.8, 4) is 11.1 Å². The number of nitrogens with one attached hydrogen (secondary N) is 1. The van der Waals surface area contributed by atoms with E-state index in [1.165, 1.54) is 19.3 Å². The molecule has 3 heterocycles. The van der Waals surface area contributed by atoms with Crippen molar-refractivity contribution in [2.45, 2.75) is 57.3 Å². The first-order valence-corrected chi connectivity index (χ1v) is 15.2. The lowest BCUT2D eigenvalue weighted by Gasteiger charge is -2.39. The molecule has 2 N–H and O–H groups in total. The Morgan fingerprint density at radius 2 is 1.65 bits per heavy atom. The molecular formula is C36H39N3O4. The number of benzene rings is 3. The predicted octanol–water partition coefficient (Wildman–Crippen LogP) is 6.20. The van der Waals surface area contributed by atoms with Gasteiger partial charge in [-0.2, -0.15) is 0 Å². The van der Waals surface area contributed by atoms with Gasteiger partial charge in [-0.3, -0.25) is 9.78 Å². The van der Waals surface area contributed by atoms with Gasteiger partial charge in [-0.25, -0.2) is 0 Å². The van der Waals surface area contributed by atoms with E-state index >= 15 is 0 Å². The van der Waals surface area contributed by atoms with Crippen molar-refractivity contribution in [2.75, 3.05) is 19.6 Å². The number of carbonyl (C=O) groups excluding carboxylic acids is 1. The number of piperidine rings is 1. The van der Waals surface area contributed by atoms with Crippen molar-refractivity contribution in [3.63, 3.8) is 0 Å². The summed E-state index contributed by atoms with van der Waals surface area (Å²) >= 11 is 0. The molecule has 3 aromatic carbocycles. The number of amides is 1. The van der Waals surface area contributed by atoms with Gasteiger partial charge < -0.3 is 24.8 Å². The Balaban J connectivity index is 1.15. The third kappa shape index (κ3) is 7.56. The lowest BCUT2D eigenvalue weighted by atomic mass is 9.98. The Morgan fingerprint density at radius 1 is 0.860 bits per heavy atom. The molecule has 0 aliphatic carbocycles. The number of ether oxygens (including phenoxy) is 2. The summed E-state index contributed by atoms with van der Waals surface area (Å²) in [7, 11) is 0. The van der Waals surface area contributed by atoms with Crippen LogP contribution in [0.3, 0.4) is 0 Å². The number of carbonyl (C=O) groups is 1. The first-order chi connectivity index (χ1) is 21.1. The van der Waals surface area contributed by atoms with E-state index < -0.39 is 6.29 Å². The Bertz CT molecular complexity index is 1470. The van der Waals surface area contributed by atoms with Crippen LogP contribution in [0, 0.1) is 0 Å². The lowest BCUT2D eigenvalue weighted by Crippen LogP contribution is -2.41. The zero-order valence-electron chi connectivity index (χ0n) is 24.4. The van der Waals surface area contributed by atoms with Crippen molar-refractivity contribution in [2.24, 2.45) is 0 Å². The van der Waals surface area contributed by atoms with Crippen LogP contribution >= 0.6 is 0 Å². The van der Waals surface area contributed by atoms with Crippen LogP contribution < -0.4 is 5.32 Å². The van der Waals surface area contributed by atoms with Crippen LogP contribution in [0.5, 0.6) is 0 Å². The molecule has 43 heavy (non-hydrogen) atoms. The van der Waals surface area contributed by atoms with Gasteiger partial charge in [0.2, 0.25) is 0 Å². The maximum atomic E-state index is 12.5. The van der Waals surface area contributed by atoms with Crippen LogP contribution in [0.2, 0.25) is 0 Å². The second-order valence-corrected chi connectivity index (χ2v) is 11.5. The maximum Gasteiger partial charge on any atom is 0.253 e. The summed E-state index contributed by atoms with van der Waals surface area (Å²) in [6.07, 6.45) is 7.35. The molecule has 2 aliphatic rings. The number of pyridine rings is 1. The highest BCUT2D eigenvalue weighted by molar-refractivity contribution is 5.93. The van der Waals surface area contributed by atoms with E-state index in [0.717, 1.165) is 59.4 Å². The second-order valence-electron chi connectivity index (χ2n) is 11.5. The minimum atomic E-state index is -0.464. The largest absolute Gasteiger partial charge is 0.392 e. The van der Waals surface area contributed by atoms with Crippen LogP contribution in [0.1, 0.15) is 70.7 Å². The Hall–Kier alpha value is -3.88. The summed E-state index contributed by atoms with van der Waals surface area (Å²) in [6.45, 7) is 3.63. The quantitative estimate of drug-likeness (QED) is 0.246. The Labute approximate surface area is 253 Å². The fourth-order valence-corrected chi connectivity index (χ4v) is 5.94. The third-order valence-corrected chi connectivity index (χ3v) is 8.35. The lowest BCUT2D eigenvalue weighted by molar-refractivity contribution is -0.253. The number of aromatic nitrogens is 1. The van der Waals surface area contributed by atoms with E-state index in [1.54, 1.807) is 24.5 Å². The molecule has 0 radical (unpaired) electrons. The van der Waals surface area contributed by atoms with Crippen LogP contribution in [0.15, 0.2) is 97.3 Å². The molecule has 7 nitrogen and oxygen atoms in total. The van der Waals surface area contributed by atoms with E-state index in [1.807, 2.05) is 24.3 Å². The van der Waals surface area contributed by atoms with Crippen molar-refractivity contribution in [1.29, 1.82) is 0 Å². The van der Waals surface area contributed by atoms with E-state index in [0.29, 0.717) is 12.1 Å². The molecule has 2 fully saturated rings. The SMILES string of the molecule is O=C(NCc1cccc(-c2ccc([C@@H]3O[C@H](CN4CCCCC4)C[C@H](c4ccc(CO)cc4)O3)cc2)c1)c1cccnc1. The molecule has 3 atom stereocenters. The van der Waals surface area contributed by atoms with Gasteiger partial charge in [0.05, 0.1) is 24.4 Å². The van der Waals surface area contributed by atoms with Crippen molar-refractivity contribution < 1.29 is 19.4 Å². The standard InChI is InChI=1S/C36H39N3O4/c40-25-26-9-11-29(12-10-26)34-21-33(24-39-18-2-1-3-19-39)42-36(43-34)30-15-13-28(14-16-30)31-7-4-6-27(20-31)22-38-35(41)32-8-5-17-37-23-32/h4-17,20,23,33-34,36,40H,1-3,18-19,21-22,24-25H2,(H,38,41)/t33-,34+,36+/m0/s1. The summed E-state index contributed by atoms with van der Waals surface area (Å²) in [4.78, 5) is 19.0. The van der Waals surface area contributed by atoms with Gasteiger partial charge in [-0.15, -0.1) is 0 Å². The molecule has 0 spiro atoms. The molecular weight excluding hydrogens is 538 g/mol. The molecule has 1 aromatic heterocycles. The van der Waals surface area contributed by atoms with Crippen LogP contribution in [-0.4, -0.2) is 46.6 Å². The average Bonchev–Trinajstić information content (AvgIpc) is 3.08. The fourth-order valence-electron chi connectivity index (χ4n) is 5.94. The molecule has 6 rings (SSSR count). The first-order valence-electron chi connectivity index (χ1n) is 15.2. The summed E-state index contributed by atoms with van der Waals surface area (Å²) in [5.74, 6) is -0.142. The minimum absolute atomic E-state index is 0.0322. The fraction of sp³-hybridized carbons (Fsp3) is 0.333. The number of rotatable bonds is 9. The van der Waals surface area contributed by atoms with E-state index in [9.17, 15) is 9.90 Å². The van der Waals surface area contributed by atoms with Crippen molar-refractivity contribution in [3.05, 3.63) is 125 Å². The molecule has 2 aliphatic heterocycles. The zero-order chi connectivity index (χ0) is 29.4. The highest BCUT2D eigenvalue weighted by Crippen LogP contribution is 2.39. The van der Waals surface area contributed by atoms with Gasteiger partial charge in [0.15, 0.2) is 6.29 Å². The highest BCUT2D eigenvalue weighted by Gasteiger charge is 2.33. The Kier molecular flexibility index (Phi) is 9.55. The van der Waals surface area contributed by atoms with E-state index in [4.69, 9.17) is 9.47 Å². The van der Waals surface area contributed by atoms with Gasteiger partial charge >= 0.3 is 0 Å². The number of aliphatic hydroxyl groups excluding tert-OH is 1. The van der Waals surface area contributed by atoms with Gasteiger partial charge in [0.25, 0.3) is 5.91 Å². The van der Waals surface area contributed by atoms with Crippen LogP contribution in [-0.2, 0) is 22.6 Å². The van der Waals surface area contributed by atoms with Gasteiger partial charge in [0, 0.05) is 37.5 Å². The van der Waals surface area contributed by atoms with Crippen LogP contribution in [0.25, 0.3) is 11.1 Å². The third-order valence-electron chi connectivity index (χ3n) is 8.35. The summed E-state index contributed by atoms with van der Waals surface area (Å²) in [6, 6.07) is 28.2. The molecule has 7 heteroatoms. The van der Waals surface area contributed by atoms with Gasteiger partial charge in [-0.05, 0) is 71.9 Å². The molecule has 1 amide bonds. The van der Waals surface area contributed by atoms with Crippen LogP contribution in [0.4, 0.5) is 0 Å². The molecule has 0 unspecified atom stereocenters. The second kappa shape index (κ2) is 14.1. The molecule has 0 bridgehead atoms. The normalized spacial score (nSPS) is 20.9. The molecule has 0 saturated carbocycles. The predicted molar refractivity (Wildman–Crippen MR) is 166 cm³/mol. The zero-order valence-corrected chi connectivity index (χ0v) is 24.4. The smallest absolute Gasteiger partial charge is 0.253 e. The molecule has 2 saturated heterocycles. The van der Waals surface area contributed by atoms with Gasteiger partial charge in [0.1, 0.15) is 0 Å². The van der Waals surface area contributed by atoms with E-state index in [2.05, 4.69) is 63.7 Å². The number of likely N-dealkylation sites (tertiary alicyclic amines) is 1. The van der Waals surface area contributed by atoms with E-state index in [-0.39, 0.29) is 24.7 Å². The summed E-state index contributed by atoms with van der Waals surface area (Å²) in [5.41, 5.74) is 6.73. The monoisotopic (exact) mass is 577 g/mol. The maximum absolute atomic E-state index is 12.5. The average molecular weight is 578 g/mol. The summed E-state index contributed by atoms with van der Waals surface area (Å²) in [5, 5.41) is 12.5. The Morgan fingerprint density at radius 3 is 2.40 bits per heavy atom. The summed E-state index contributed by atoms with van der Waals surface area (Å²) < 4.78 is 13.1. The highest BCUT2D eigenvalue weighted by atomic mass is 16.7. The first kappa shape index (κ1) is 29.2. The minimum Gasteiger partial charge on any atom is -0.392 e. The molecule has 4 aromatic rings. The number of hydrogen-bond donors (Lipinski definition) is 2. The number of nitrogens with zero attached hydrogens (tertiary/aromatic N) is 2.